The van der Waals surface area contributed by atoms with Gasteiger partial charge in [0.1, 0.15) is 6.04 Å². The van der Waals surface area contributed by atoms with Gasteiger partial charge in [0.25, 0.3) is 0 Å². The first kappa shape index (κ1) is 33.7. The number of hydrogen-bond donors (Lipinski definition) is 4. The number of ether oxygens (including phenoxy) is 3. The highest BCUT2D eigenvalue weighted by molar-refractivity contribution is 7.98. The van der Waals surface area contributed by atoms with Gasteiger partial charge in [0.05, 0.1) is 33.1 Å². The fourth-order valence-electron chi connectivity index (χ4n) is 6.30. The molecule has 0 saturated carbocycles. The van der Waals surface area contributed by atoms with E-state index >= 15 is 0 Å². The number of anilines is 1. The van der Waals surface area contributed by atoms with Crippen LogP contribution < -0.4 is 35.6 Å². The molecule has 2 atom stereocenters. The maximum absolute atomic E-state index is 13.9. The molecule has 4 aromatic rings. The van der Waals surface area contributed by atoms with E-state index in [1.807, 2.05) is 42.8 Å². The lowest BCUT2D eigenvalue weighted by Gasteiger charge is -2.19. The molecule has 0 fully saturated rings. The first-order valence-corrected chi connectivity index (χ1v) is 17.0. The largest absolute Gasteiger partial charge is 0.493 e. The number of para-hydroxylation sites is 1. The highest BCUT2D eigenvalue weighted by Crippen LogP contribution is 2.50. The van der Waals surface area contributed by atoms with Crippen molar-refractivity contribution in [3.8, 4) is 28.4 Å². The fraction of sp³-hybridized carbons (Fsp3) is 0.361. The van der Waals surface area contributed by atoms with Gasteiger partial charge in [-0.15, -0.1) is 0 Å². The van der Waals surface area contributed by atoms with Gasteiger partial charge < -0.3 is 35.1 Å². The van der Waals surface area contributed by atoms with Gasteiger partial charge in [-0.3, -0.25) is 14.4 Å². The van der Waals surface area contributed by atoms with E-state index in [4.69, 9.17) is 14.2 Å². The van der Waals surface area contributed by atoms with E-state index in [-0.39, 0.29) is 17.2 Å². The number of aromatic amines is 1. The van der Waals surface area contributed by atoms with Crippen LogP contribution in [0.1, 0.15) is 42.5 Å². The topological polar surface area (TPSA) is 131 Å². The minimum atomic E-state index is -0.627. The van der Waals surface area contributed by atoms with Crippen molar-refractivity contribution in [1.29, 1.82) is 0 Å². The molecule has 10 nitrogen and oxygen atoms in total. The standard InChI is InChI=1S/C36H42N4O6S/c1-21(41)39-28-12-10-22-18-32(44-2)34(45-3)35(46-4)33(22)25-11-13-29(31(42)19-26(25)28)40-30(15-17-47-5)36(43)37-16-14-23-20-38-27-9-7-6-8-24(23)27/h6-9,11,13,18-20,28,30,38H,10,12,14-17H2,1-5H3,(H,37,43)(H,39,41)(H,40,42)/t28-,30-/m1/s1. The minimum Gasteiger partial charge on any atom is -0.493 e. The summed E-state index contributed by atoms with van der Waals surface area (Å²) >= 11 is 1.64. The first-order valence-electron chi connectivity index (χ1n) is 15.6. The van der Waals surface area contributed by atoms with E-state index in [0.29, 0.717) is 60.7 Å². The van der Waals surface area contributed by atoms with Crippen LogP contribution in [0.2, 0.25) is 0 Å². The van der Waals surface area contributed by atoms with Crippen LogP contribution in [0.3, 0.4) is 0 Å². The van der Waals surface area contributed by atoms with Gasteiger partial charge in [-0.1, -0.05) is 24.3 Å². The summed E-state index contributed by atoms with van der Waals surface area (Å²) in [5.41, 5.74) is 5.28. The number of benzene rings is 2. The summed E-state index contributed by atoms with van der Waals surface area (Å²) in [4.78, 5) is 42.9. The summed E-state index contributed by atoms with van der Waals surface area (Å²) in [5, 5.41) is 10.5. The second-order valence-corrected chi connectivity index (χ2v) is 12.5. The molecule has 0 radical (unpaired) electrons. The lowest BCUT2D eigenvalue weighted by molar-refractivity contribution is -0.122. The van der Waals surface area contributed by atoms with Crippen LogP contribution in [-0.4, -0.2) is 62.7 Å². The van der Waals surface area contributed by atoms with Crippen molar-refractivity contribution >= 4 is 40.2 Å². The van der Waals surface area contributed by atoms with E-state index < -0.39 is 12.1 Å². The zero-order chi connectivity index (χ0) is 33.5. The Kier molecular flexibility index (Phi) is 11.0. The smallest absolute Gasteiger partial charge is 0.242 e. The third kappa shape index (κ3) is 7.35. The summed E-state index contributed by atoms with van der Waals surface area (Å²) < 4.78 is 17.2. The van der Waals surface area contributed by atoms with Crippen molar-refractivity contribution < 1.29 is 23.8 Å². The number of H-pyrrole nitrogens is 1. The van der Waals surface area contributed by atoms with Crippen LogP contribution in [0.4, 0.5) is 5.69 Å². The molecule has 47 heavy (non-hydrogen) atoms. The number of methoxy groups -OCH3 is 3. The summed E-state index contributed by atoms with van der Waals surface area (Å²) in [6.07, 6.45) is 6.32. The van der Waals surface area contributed by atoms with Crippen LogP contribution in [0.5, 0.6) is 17.2 Å². The van der Waals surface area contributed by atoms with Gasteiger partial charge in [0, 0.05) is 36.1 Å². The average Bonchev–Trinajstić information content (AvgIpc) is 3.34. The Hall–Kier alpha value is -4.64. The van der Waals surface area contributed by atoms with Crippen molar-refractivity contribution in [3.63, 3.8) is 0 Å². The van der Waals surface area contributed by atoms with Crippen LogP contribution in [0, 0.1) is 0 Å². The lowest BCUT2D eigenvalue weighted by Crippen LogP contribution is -2.41. The molecule has 1 aliphatic rings. The SMILES string of the molecule is COc1cc2c(c(OC)c1OC)-c1ccc(N[C@H](CCSC)C(=O)NCCc3c[nH]c4ccccc34)c(=O)cc1[C@H](NC(C)=O)CC2. The van der Waals surface area contributed by atoms with Gasteiger partial charge in [-0.25, -0.2) is 0 Å². The number of hydrogen-bond acceptors (Lipinski definition) is 8. The second-order valence-electron chi connectivity index (χ2n) is 11.5. The molecule has 11 heteroatoms. The lowest BCUT2D eigenvalue weighted by atomic mass is 9.95. The third-order valence-electron chi connectivity index (χ3n) is 8.54. The highest BCUT2D eigenvalue weighted by Gasteiger charge is 2.30. The predicted molar refractivity (Wildman–Crippen MR) is 188 cm³/mol. The number of aromatic nitrogens is 1. The van der Waals surface area contributed by atoms with Crippen LogP contribution in [-0.2, 0) is 22.4 Å². The molecule has 4 N–H and O–H groups in total. The van der Waals surface area contributed by atoms with E-state index in [9.17, 15) is 14.4 Å². The van der Waals surface area contributed by atoms with Crippen molar-refractivity contribution in [2.75, 3.05) is 45.2 Å². The maximum Gasteiger partial charge on any atom is 0.242 e. The third-order valence-corrected chi connectivity index (χ3v) is 9.19. The van der Waals surface area contributed by atoms with Crippen molar-refractivity contribution in [2.24, 2.45) is 0 Å². The Morgan fingerprint density at radius 3 is 2.55 bits per heavy atom. The molecule has 2 amide bonds. The molecular weight excluding hydrogens is 616 g/mol. The normalized spacial score (nSPS) is 14.3. The van der Waals surface area contributed by atoms with E-state index in [1.54, 1.807) is 45.2 Å². The Bertz CT molecular complexity index is 1820. The van der Waals surface area contributed by atoms with Gasteiger partial charge >= 0.3 is 0 Å². The second kappa shape index (κ2) is 15.3. The Morgan fingerprint density at radius 2 is 1.83 bits per heavy atom. The monoisotopic (exact) mass is 658 g/mol. The summed E-state index contributed by atoms with van der Waals surface area (Å²) in [6.45, 7) is 1.92. The van der Waals surface area contributed by atoms with E-state index in [1.165, 1.54) is 6.92 Å². The fourth-order valence-corrected chi connectivity index (χ4v) is 6.77. The zero-order valence-electron chi connectivity index (χ0n) is 27.5. The highest BCUT2D eigenvalue weighted by atomic mass is 32.2. The number of carbonyl (C=O) groups excluding carboxylic acids is 2. The number of thioether (sulfide) groups is 1. The Morgan fingerprint density at radius 1 is 1.04 bits per heavy atom. The summed E-state index contributed by atoms with van der Waals surface area (Å²) in [7, 11) is 4.69. The predicted octanol–water partition coefficient (Wildman–Crippen LogP) is 5.24. The number of rotatable bonds is 13. The average molecular weight is 659 g/mol. The molecule has 1 aliphatic carbocycles. The van der Waals surface area contributed by atoms with Gasteiger partial charge in [0.2, 0.25) is 23.0 Å². The number of nitrogens with one attached hydrogen (secondary N) is 4. The summed E-state index contributed by atoms with van der Waals surface area (Å²) in [6, 6.07) is 14.1. The molecule has 0 aliphatic heterocycles. The molecule has 3 aromatic carbocycles. The van der Waals surface area contributed by atoms with Crippen molar-refractivity contribution in [1.82, 2.24) is 15.6 Å². The molecule has 0 spiro atoms. The molecule has 0 bridgehead atoms. The molecular formula is C36H42N4O6S. The van der Waals surface area contributed by atoms with Crippen molar-refractivity contribution in [3.05, 3.63) is 81.6 Å². The Balaban J connectivity index is 1.49. The Labute approximate surface area is 279 Å². The zero-order valence-corrected chi connectivity index (χ0v) is 28.3. The summed E-state index contributed by atoms with van der Waals surface area (Å²) in [5.74, 6) is 1.80. The maximum atomic E-state index is 13.9. The van der Waals surface area contributed by atoms with Crippen molar-refractivity contribution in [2.45, 2.75) is 44.7 Å². The molecule has 1 heterocycles. The number of amides is 2. The number of carbonyl (C=O) groups is 2. The molecule has 248 valence electrons. The van der Waals surface area contributed by atoms with Crippen LogP contribution in [0.25, 0.3) is 22.0 Å². The van der Waals surface area contributed by atoms with Crippen LogP contribution in [0.15, 0.2) is 59.5 Å². The first-order chi connectivity index (χ1) is 22.8. The quantitative estimate of drug-likeness (QED) is 0.154. The van der Waals surface area contributed by atoms with E-state index in [0.717, 1.165) is 38.9 Å². The number of aryl methyl sites for hydroxylation is 1. The van der Waals surface area contributed by atoms with Crippen LogP contribution >= 0.6 is 11.8 Å². The van der Waals surface area contributed by atoms with E-state index in [2.05, 4.69) is 27.0 Å². The minimum absolute atomic E-state index is 0.175. The molecule has 0 unspecified atom stereocenters. The molecule has 1 aromatic heterocycles. The van der Waals surface area contributed by atoms with Gasteiger partial charge in [-0.2, -0.15) is 11.8 Å². The molecule has 0 saturated heterocycles. The molecule has 5 rings (SSSR count). The number of fused-ring (bicyclic) bond motifs is 4. The van der Waals surface area contributed by atoms with Gasteiger partial charge in [-0.05, 0) is 84.2 Å². The van der Waals surface area contributed by atoms with Gasteiger partial charge in [0.15, 0.2) is 11.5 Å².